The Morgan fingerprint density at radius 2 is 2.21 bits per heavy atom. The fourth-order valence-corrected chi connectivity index (χ4v) is 1.08. The van der Waals surface area contributed by atoms with Crippen LogP contribution in [0.2, 0.25) is 0 Å². The third-order valence-corrected chi connectivity index (χ3v) is 1.98. The van der Waals surface area contributed by atoms with Gasteiger partial charge in [-0.25, -0.2) is 4.79 Å². The first kappa shape index (κ1) is 10.7. The summed E-state index contributed by atoms with van der Waals surface area (Å²) in [6.45, 7) is 3.12. The molecule has 1 heterocycles. The predicted octanol–water partition coefficient (Wildman–Crippen LogP) is 0.768. The number of carboxylic acid groups (broad SMARTS) is 1. The summed E-state index contributed by atoms with van der Waals surface area (Å²) in [5.41, 5.74) is -0.150. The quantitative estimate of drug-likeness (QED) is 0.747. The number of hydrogen-bond donors (Lipinski definition) is 2. The van der Waals surface area contributed by atoms with Crippen molar-refractivity contribution in [1.29, 1.82) is 0 Å². The van der Waals surface area contributed by atoms with E-state index in [0.29, 0.717) is 5.56 Å². The number of nitrogens with zero attached hydrogens (tertiary/aromatic N) is 1. The SMILES string of the molecule is Cc1ccc(CC(C)(O)C(=O)O)cn1. The van der Waals surface area contributed by atoms with Gasteiger partial charge in [-0.3, -0.25) is 4.98 Å². The number of aromatic nitrogens is 1. The molecular weight excluding hydrogens is 182 g/mol. The molecule has 4 nitrogen and oxygen atoms in total. The van der Waals surface area contributed by atoms with Gasteiger partial charge >= 0.3 is 5.97 Å². The van der Waals surface area contributed by atoms with Gasteiger partial charge in [0.1, 0.15) is 0 Å². The zero-order chi connectivity index (χ0) is 10.8. The Labute approximate surface area is 82.2 Å². The van der Waals surface area contributed by atoms with Gasteiger partial charge in [0.25, 0.3) is 0 Å². The lowest BCUT2D eigenvalue weighted by molar-refractivity contribution is -0.156. The second kappa shape index (κ2) is 3.75. The molecule has 0 aliphatic rings. The molecule has 14 heavy (non-hydrogen) atoms. The second-order valence-corrected chi connectivity index (χ2v) is 3.56. The summed E-state index contributed by atoms with van der Waals surface area (Å²) in [7, 11) is 0. The Morgan fingerprint density at radius 1 is 1.57 bits per heavy atom. The van der Waals surface area contributed by atoms with Gasteiger partial charge < -0.3 is 10.2 Å². The van der Waals surface area contributed by atoms with Gasteiger partial charge in [0.2, 0.25) is 0 Å². The molecule has 0 aromatic carbocycles. The van der Waals surface area contributed by atoms with Gasteiger partial charge in [0, 0.05) is 18.3 Å². The molecule has 0 amide bonds. The fourth-order valence-electron chi connectivity index (χ4n) is 1.08. The molecule has 0 saturated heterocycles. The molecule has 4 heteroatoms. The van der Waals surface area contributed by atoms with Crippen LogP contribution in [0.25, 0.3) is 0 Å². The van der Waals surface area contributed by atoms with E-state index >= 15 is 0 Å². The first-order valence-electron chi connectivity index (χ1n) is 4.29. The monoisotopic (exact) mass is 195 g/mol. The van der Waals surface area contributed by atoms with E-state index in [1.807, 2.05) is 6.92 Å². The maximum Gasteiger partial charge on any atom is 0.335 e. The topological polar surface area (TPSA) is 70.4 Å². The number of carboxylic acids is 1. The number of hydrogen-bond acceptors (Lipinski definition) is 3. The molecule has 0 aliphatic heterocycles. The fraction of sp³-hybridized carbons (Fsp3) is 0.400. The second-order valence-electron chi connectivity index (χ2n) is 3.56. The molecule has 1 unspecified atom stereocenters. The summed E-state index contributed by atoms with van der Waals surface area (Å²) in [4.78, 5) is 14.6. The highest BCUT2D eigenvalue weighted by Gasteiger charge is 2.29. The summed E-state index contributed by atoms with van der Waals surface area (Å²) in [5, 5.41) is 18.2. The van der Waals surface area contributed by atoms with Crippen molar-refractivity contribution in [2.24, 2.45) is 0 Å². The van der Waals surface area contributed by atoms with Crippen molar-refractivity contribution in [3.63, 3.8) is 0 Å². The van der Waals surface area contributed by atoms with Crippen LogP contribution in [0.15, 0.2) is 18.3 Å². The number of pyridine rings is 1. The van der Waals surface area contributed by atoms with E-state index in [2.05, 4.69) is 4.98 Å². The highest BCUT2D eigenvalue weighted by molar-refractivity contribution is 5.76. The molecule has 1 aromatic rings. The number of aliphatic carboxylic acids is 1. The van der Waals surface area contributed by atoms with Gasteiger partial charge in [0.05, 0.1) is 0 Å². The zero-order valence-electron chi connectivity index (χ0n) is 8.19. The molecule has 0 radical (unpaired) electrons. The first-order valence-corrected chi connectivity index (χ1v) is 4.29. The van der Waals surface area contributed by atoms with Gasteiger partial charge in [-0.15, -0.1) is 0 Å². The minimum Gasteiger partial charge on any atom is -0.479 e. The summed E-state index contributed by atoms with van der Waals surface area (Å²) in [5.74, 6) is -1.22. The Bertz CT molecular complexity index is 330. The molecule has 1 aromatic heterocycles. The molecular formula is C10H13NO3. The predicted molar refractivity (Wildman–Crippen MR) is 50.9 cm³/mol. The van der Waals surface area contributed by atoms with Crippen molar-refractivity contribution in [2.75, 3.05) is 0 Å². The lowest BCUT2D eigenvalue weighted by Crippen LogP contribution is -2.37. The number of aliphatic hydroxyl groups is 1. The van der Waals surface area contributed by atoms with Gasteiger partial charge in [-0.05, 0) is 25.5 Å². The van der Waals surface area contributed by atoms with Crippen LogP contribution in [0.5, 0.6) is 0 Å². The number of aryl methyl sites for hydroxylation is 1. The lowest BCUT2D eigenvalue weighted by atomic mass is 9.98. The standard InChI is InChI=1S/C10H13NO3/c1-7-3-4-8(6-11-7)5-10(2,14)9(12)13/h3-4,6,14H,5H2,1-2H3,(H,12,13). The summed E-state index contributed by atoms with van der Waals surface area (Å²) < 4.78 is 0. The van der Waals surface area contributed by atoms with Crippen LogP contribution in [0.4, 0.5) is 0 Å². The summed E-state index contributed by atoms with van der Waals surface area (Å²) >= 11 is 0. The lowest BCUT2D eigenvalue weighted by Gasteiger charge is -2.17. The van der Waals surface area contributed by atoms with Crippen LogP contribution in [0.3, 0.4) is 0 Å². The maximum absolute atomic E-state index is 10.6. The molecule has 0 aliphatic carbocycles. The van der Waals surface area contributed by atoms with Crippen LogP contribution >= 0.6 is 0 Å². The van der Waals surface area contributed by atoms with E-state index in [-0.39, 0.29) is 6.42 Å². The highest BCUT2D eigenvalue weighted by Crippen LogP contribution is 2.12. The van der Waals surface area contributed by atoms with Crippen LogP contribution in [-0.2, 0) is 11.2 Å². The van der Waals surface area contributed by atoms with Gasteiger partial charge in [0.15, 0.2) is 5.60 Å². The van der Waals surface area contributed by atoms with Crippen LogP contribution in [0, 0.1) is 6.92 Å². The summed E-state index contributed by atoms with van der Waals surface area (Å²) in [6, 6.07) is 3.55. The Hall–Kier alpha value is -1.42. The Balaban J connectivity index is 2.79. The van der Waals surface area contributed by atoms with Gasteiger partial charge in [-0.2, -0.15) is 0 Å². The molecule has 0 bridgehead atoms. The van der Waals surface area contributed by atoms with E-state index < -0.39 is 11.6 Å². The highest BCUT2D eigenvalue weighted by atomic mass is 16.4. The summed E-state index contributed by atoms with van der Waals surface area (Å²) in [6.07, 6.45) is 1.64. The minimum absolute atomic E-state index is 0.0651. The third kappa shape index (κ3) is 2.53. The average Bonchev–Trinajstić information content (AvgIpc) is 2.08. The van der Waals surface area contributed by atoms with Crippen molar-refractivity contribution in [3.8, 4) is 0 Å². The average molecular weight is 195 g/mol. The van der Waals surface area contributed by atoms with Crippen molar-refractivity contribution in [1.82, 2.24) is 4.98 Å². The van der Waals surface area contributed by atoms with E-state index in [0.717, 1.165) is 5.69 Å². The molecule has 0 fully saturated rings. The van der Waals surface area contributed by atoms with Crippen molar-refractivity contribution < 1.29 is 15.0 Å². The molecule has 2 N–H and O–H groups in total. The molecule has 0 saturated carbocycles. The third-order valence-electron chi connectivity index (χ3n) is 1.98. The first-order chi connectivity index (χ1) is 6.42. The minimum atomic E-state index is -1.73. The number of rotatable bonds is 3. The van der Waals surface area contributed by atoms with Crippen LogP contribution in [0.1, 0.15) is 18.2 Å². The van der Waals surface area contributed by atoms with E-state index in [9.17, 15) is 9.90 Å². The molecule has 1 atom stereocenters. The number of carbonyl (C=O) groups is 1. The Kier molecular flexibility index (Phi) is 2.86. The van der Waals surface area contributed by atoms with Crippen molar-refractivity contribution in [3.05, 3.63) is 29.6 Å². The molecule has 76 valence electrons. The van der Waals surface area contributed by atoms with E-state index in [1.165, 1.54) is 6.92 Å². The largest absolute Gasteiger partial charge is 0.479 e. The Morgan fingerprint density at radius 3 is 2.64 bits per heavy atom. The van der Waals surface area contributed by atoms with Crippen LogP contribution < -0.4 is 0 Å². The van der Waals surface area contributed by atoms with Crippen LogP contribution in [-0.4, -0.2) is 26.8 Å². The molecule has 1 rings (SSSR count). The molecule has 0 spiro atoms. The zero-order valence-corrected chi connectivity index (χ0v) is 8.19. The van der Waals surface area contributed by atoms with Crippen molar-refractivity contribution in [2.45, 2.75) is 25.9 Å². The normalized spacial score (nSPS) is 14.8. The smallest absolute Gasteiger partial charge is 0.335 e. The maximum atomic E-state index is 10.6. The van der Waals surface area contributed by atoms with Crippen molar-refractivity contribution >= 4 is 5.97 Å². The van der Waals surface area contributed by atoms with E-state index in [1.54, 1.807) is 18.3 Å². The van der Waals surface area contributed by atoms with E-state index in [4.69, 9.17) is 5.11 Å². The van der Waals surface area contributed by atoms with Gasteiger partial charge in [-0.1, -0.05) is 6.07 Å².